The number of aromatic nitrogens is 4. The summed E-state index contributed by atoms with van der Waals surface area (Å²) in [5, 5.41) is 8.91. The van der Waals surface area contributed by atoms with Gasteiger partial charge in [0, 0.05) is 29.2 Å². The zero-order valence-corrected chi connectivity index (χ0v) is 18.0. The van der Waals surface area contributed by atoms with Gasteiger partial charge in [-0.3, -0.25) is 9.36 Å². The minimum absolute atomic E-state index is 0.113. The zero-order chi connectivity index (χ0) is 20.9. The standard InChI is InChI=1S/C24H24N4OS/c1-18-15-22(19(2)27(18)14-13-20-9-5-3-6-10-20)23(29)16-30-24-26-25-17-28(24)21-11-7-4-8-12-21/h3-12,15,17H,13-14,16H2,1-2H3. The molecule has 4 aromatic rings. The van der Waals surface area contributed by atoms with E-state index < -0.39 is 0 Å². The van der Waals surface area contributed by atoms with Crippen LogP contribution >= 0.6 is 11.8 Å². The van der Waals surface area contributed by atoms with E-state index in [1.807, 2.05) is 54.0 Å². The largest absolute Gasteiger partial charge is 0.348 e. The molecule has 0 atom stereocenters. The molecule has 6 heteroatoms. The molecule has 2 aromatic heterocycles. The molecule has 0 saturated heterocycles. The number of carbonyl (C=O) groups excluding carboxylic acids is 1. The number of hydrogen-bond acceptors (Lipinski definition) is 4. The minimum Gasteiger partial charge on any atom is -0.348 e. The average Bonchev–Trinajstić information content (AvgIpc) is 3.36. The molecule has 152 valence electrons. The van der Waals surface area contributed by atoms with E-state index in [1.54, 1.807) is 6.33 Å². The number of ketones is 1. The summed E-state index contributed by atoms with van der Waals surface area (Å²) in [5.41, 5.74) is 5.21. The zero-order valence-electron chi connectivity index (χ0n) is 17.2. The molecule has 2 aromatic carbocycles. The number of benzene rings is 2. The fourth-order valence-electron chi connectivity index (χ4n) is 3.61. The van der Waals surface area contributed by atoms with E-state index in [0.717, 1.165) is 35.6 Å². The summed E-state index contributed by atoms with van der Waals surface area (Å²) >= 11 is 1.42. The fourth-order valence-corrected chi connectivity index (χ4v) is 4.42. The third-order valence-corrected chi connectivity index (χ3v) is 6.17. The number of para-hydroxylation sites is 1. The molecule has 5 nitrogen and oxygen atoms in total. The third-order valence-electron chi connectivity index (χ3n) is 5.22. The van der Waals surface area contributed by atoms with Crippen LogP contribution < -0.4 is 0 Å². The van der Waals surface area contributed by atoms with Crippen LogP contribution in [0.25, 0.3) is 5.69 Å². The number of hydrogen-bond donors (Lipinski definition) is 0. The van der Waals surface area contributed by atoms with Crippen LogP contribution in [0, 0.1) is 13.8 Å². The van der Waals surface area contributed by atoms with E-state index in [4.69, 9.17) is 0 Å². The summed E-state index contributed by atoms with van der Waals surface area (Å²) in [4.78, 5) is 13.0. The van der Waals surface area contributed by atoms with Gasteiger partial charge in [0.1, 0.15) is 6.33 Å². The predicted octanol–water partition coefficient (Wildman–Crippen LogP) is 4.90. The molecular formula is C24H24N4OS. The molecule has 2 heterocycles. The van der Waals surface area contributed by atoms with Crippen LogP contribution in [0.5, 0.6) is 0 Å². The summed E-state index contributed by atoms with van der Waals surface area (Å²) in [7, 11) is 0. The Morgan fingerprint density at radius 2 is 1.70 bits per heavy atom. The van der Waals surface area contributed by atoms with Gasteiger partial charge in [-0.15, -0.1) is 10.2 Å². The van der Waals surface area contributed by atoms with Gasteiger partial charge in [-0.2, -0.15) is 0 Å². The number of thioether (sulfide) groups is 1. The lowest BCUT2D eigenvalue weighted by Crippen LogP contribution is -2.08. The molecule has 0 aliphatic rings. The van der Waals surface area contributed by atoms with Crippen LogP contribution in [0.3, 0.4) is 0 Å². The van der Waals surface area contributed by atoms with E-state index >= 15 is 0 Å². The van der Waals surface area contributed by atoms with Crippen molar-refractivity contribution in [2.24, 2.45) is 0 Å². The highest BCUT2D eigenvalue weighted by Crippen LogP contribution is 2.23. The first-order valence-electron chi connectivity index (χ1n) is 9.95. The topological polar surface area (TPSA) is 52.7 Å². The lowest BCUT2D eigenvalue weighted by atomic mass is 10.1. The molecule has 0 radical (unpaired) electrons. The highest BCUT2D eigenvalue weighted by molar-refractivity contribution is 7.99. The molecule has 30 heavy (non-hydrogen) atoms. The number of Topliss-reactive ketones (excluding diaryl/α,β-unsaturated/α-hetero) is 1. The molecule has 0 bridgehead atoms. The van der Waals surface area contributed by atoms with Crippen molar-refractivity contribution in [2.45, 2.75) is 32.0 Å². The van der Waals surface area contributed by atoms with Crippen LogP contribution in [0.4, 0.5) is 0 Å². The Balaban J connectivity index is 1.44. The van der Waals surface area contributed by atoms with Crippen molar-refractivity contribution in [1.82, 2.24) is 19.3 Å². The molecule has 4 rings (SSSR count). The summed E-state index contributed by atoms with van der Waals surface area (Å²) in [6.07, 6.45) is 2.62. The van der Waals surface area contributed by atoms with Crippen molar-refractivity contribution in [1.29, 1.82) is 0 Å². The van der Waals surface area contributed by atoms with E-state index in [0.29, 0.717) is 10.9 Å². The molecule has 0 amide bonds. The maximum absolute atomic E-state index is 13.0. The average molecular weight is 417 g/mol. The Labute approximate surface area is 180 Å². The van der Waals surface area contributed by atoms with Crippen LogP contribution in [-0.2, 0) is 13.0 Å². The maximum Gasteiger partial charge on any atom is 0.196 e. The van der Waals surface area contributed by atoms with E-state index in [9.17, 15) is 4.79 Å². The van der Waals surface area contributed by atoms with Crippen molar-refractivity contribution in [3.63, 3.8) is 0 Å². The van der Waals surface area contributed by atoms with E-state index in [2.05, 4.69) is 46.0 Å². The van der Waals surface area contributed by atoms with Gasteiger partial charge >= 0.3 is 0 Å². The lowest BCUT2D eigenvalue weighted by molar-refractivity contribution is 0.102. The molecular weight excluding hydrogens is 392 g/mol. The van der Waals surface area contributed by atoms with Gasteiger partial charge in [0.05, 0.1) is 5.75 Å². The van der Waals surface area contributed by atoms with Crippen molar-refractivity contribution >= 4 is 17.5 Å². The quantitative estimate of drug-likeness (QED) is 0.303. The Morgan fingerprint density at radius 1 is 1.00 bits per heavy atom. The number of carbonyl (C=O) groups is 1. The smallest absolute Gasteiger partial charge is 0.196 e. The van der Waals surface area contributed by atoms with Crippen LogP contribution in [-0.4, -0.2) is 30.9 Å². The fraction of sp³-hybridized carbons (Fsp3) is 0.208. The summed E-state index contributed by atoms with van der Waals surface area (Å²) in [6.45, 7) is 4.96. The molecule has 0 fully saturated rings. The molecule has 0 spiro atoms. The maximum atomic E-state index is 13.0. The van der Waals surface area contributed by atoms with Crippen LogP contribution in [0.1, 0.15) is 27.3 Å². The summed E-state index contributed by atoms with van der Waals surface area (Å²) in [6, 6.07) is 22.3. The third kappa shape index (κ3) is 4.39. The molecule has 0 N–H and O–H groups in total. The molecule has 0 unspecified atom stereocenters. The first kappa shape index (κ1) is 20.2. The highest BCUT2D eigenvalue weighted by atomic mass is 32.2. The van der Waals surface area contributed by atoms with Gasteiger partial charge in [0.2, 0.25) is 0 Å². The van der Waals surface area contributed by atoms with E-state index in [1.165, 1.54) is 17.3 Å². The van der Waals surface area contributed by atoms with Gasteiger partial charge in [-0.05, 0) is 44.0 Å². The van der Waals surface area contributed by atoms with Gasteiger partial charge < -0.3 is 4.57 Å². The Kier molecular flexibility index (Phi) is 6.14. The molecule has 0 aliphatic heterocycles. The minimum atomic E-state index is 0.113. The Bertz CT molecular complexity index is 1130. The first-order valence-corrected chi connectivity index (χ1v) is 10.9. The normalized spacial score (nSPS) is 11.0. The second-order valence-corrected chi connectivity index (χ2v) is 8.15. The van der Waals surface area contributed by atoms with E-state index in [-0.39, 0.29) is 5.78 Å². The number of aryl methyl sites for hydroxylation is 2. The number of rotatable bonds is 8. The van der Waals surface area contributed by atoms with Crippen molar-refractivity contribution in [3.8, 4) is 5.69 Å². The number of nitrogens with zero attached hydrogens (tertiary/aromatic N) is 4. The van der Waals surface area contributed by atoms with Crippen LogP contribution in [0.15, 0.2) is 78.2 Å². The highest BCUT2D eigenvalue weighted by Gasteiger charge is 2.17. The van der Waals surface area contributed by atoms with Gasteiger partial charge in [0.15, 0.2) is 10.9 Å². The van der Waals surface area contributed by atoms with Gasteiger partial charge in [0.25, 0.3) is 0 Å². The SMILES string of the molecule is Cc1cc(C(=O)CSc2nncn2-c2ccccc2)c(C)n1CCc1ccccc1. The lowest BCUT2D eigenvalue weighted by Gasteiger charge is -2.10. The van der Waals surface area contributed by atoms with Crippen molar-refractivity contribution in [3.05, 3.63) is 95.6 Å². The predicted molar refractivity (Wildman–Crippen MR) is 120 cm³/mol. The summed E-state index contributed by atoms with van der Waals surface area (Å²) in [5.74, 6) is 0.441. The second-order valence-electron chi connectivity index (χ2n) is 7.20. The summed E-state index contributed by atoms with van der Waals surface area (Å²) < 4.78 is 4.14. The van der Waals surface area contributed by atoms with Crippen LogP contribution in [0.2, 0.25) is 0 Å². The monoisotopic (exact) mass is 416 g/mol. The molecule has 0 saturated carbocycles. The van der Waals surface area contributed by atoms with Gasteiger partial charge in [-0.1, -0.05) is 60.3 Å². The Morgan fingerprint density at radius 3 is 2.43 bits per heavy atom. The second kappa shape index (κ2) is 9.13. The Hall–Kier alpha value is -3.12. The first-order chi connectivity index (χ1) is 14.6. The molecule has 0 aliphatic carbocycles. The van der Waals surface area contributed by atoms with Crippen molar-refractivity contribution < 1.29 is 4.79 Å². The van der Waals surface area contributed by atoms with Gasteiger partial charge in [-0.25, -0.2) is 0 Å². The van der Waals surface area contributed by atoms with Crippen molar-refractivity contribution in [2.75, 3.05) is 5.75 Å².